The smallest absolute Gasteiger partial charge is 0.414 e. The van der Waals surface area contributed by atoms with Crippen molar-refractivity contribution < 1.29 is 53.3 Å². The Hall–Kier alpha value is -5.89. The van der Waals surface area contributed by atoms with Crippen molar-refractivity contribution in [2.75, 3.05) is 73.6 Å². The van der Waals surface area contributed by atoms with Crippen LogP contribution in [0.15, 0.2) is 78.0 Å². The third-order valence-electron chi connectivity index (χ3n) is 9.11. The molecular weight excluding hydrogens is 793 g/mol. The van der Waals surface area contributed by atoms with E-state index in [2.05, 4.69) is 10.5 Å². The number of hydrogen-bond donors (Lipinski definition) is 3. The molecule has 3 aromatic rings. The summed E-state index contributed by atoms with van der Waals surface area (Å²) < 4.78 is 20.7. The molecule has 2 fully saturated rings. The molecule has 19 heteroatoms. The van der Waals surface area contributed by atoms with Crippen LogP contribution in [0.2, 0.25) is 0 Å². The van der Waals surface area contributed by atoms with Crippen molar-refractivity contribution >= 4 is 87.6 Å². The van der Waals surface area contributed by atoms with E-state index in [1.807, 2.05) is 53.4 Å². The Kier molecular flexibility index (Phi) is 15.7. The molecule has 0 spiro atoms. The molecule has 4 aliphatic rings. The maximum Gasteiger partial charge on any atom is 0.414 e. The molecule has 3 aromatic carbocycles. The van der Waals surface area contributed by atoms with Crippen molar-refractivity contribution in [3.63, 3.8) is 0 Å². The first-order valence-electron chi connectivity index (χ1n) is 18.3. The number of carbonyl (C=O) groups excluding carboxylic acids is 4. The van der Waals surface area contributed by atoms with Crippen LogP contribution in [0, 0.1) is 0 Å². The molecule has 4 aliphatic heterocycles. The summed E-state index contributed by atoms with van der Waals surface area (Å²) in [5.74, 6) is -1.31. The van der Waals surface area contributed by atoms with Crippen molar-refractivity contribution in [2.45, 2.75) is 37.9 Å². The molecule has 3 N–H and O–H groups in total. The number of fused-ring (bicyclic) bond motifs is 1. The van der Waals surface area contributed by atoms with Crippen LogP contribution in [-0.4, -0.2) is 122 Å². The lowest BCUT2D eigenvalue weighted by Crippen LogP contribution is -2.29. The molecule has 7 rings (SSSR count). The Labute approximate surface area is 345 Å². The molecule has 308 valence electrons. The van der Waals surface area contributed by atoms with Gasteiger partial charge in [0.1, 0.15) is 25.2 Å². The van der Waals surface area contributed by atoms with E-state index in [9.17, 15) is 19.2 Å². The van der Waals surface area contributed by atoms with Crippen LogP contribution < -0.4 is 20.0 Å². The normalized spacial score (nSPS) is 17.9. The summed E-state index contributed by atoms with van der Waals surface area (Å²) in [4.78, 5) is 56.3. The first-order chi connectivity index (χ1) is 28.0. The van der Waals surface area contributed by atoms with E-state index in [0.717, 1.165) is 29.3 Å². The van der Waals surface area contributed by atoms with E-state index < -0.39 is 11.8 Å². The van der Waals surface area contributed by atoms with Crippen LogP contribution in [0.3, 0.4) is 0 Å². The van der Waals surface area contributed by atoms with E-state index in [4.69, 9.17) is 58.5 Å². The number of aliphatic hydroxyl groups is 1. The Balaban J connectivity index is 0.000000174. The number of oxime groups is 1. The highest BCUT2D eigenvalue weighted by atomic mass is 32.1. The first-order valence-corrected chi connectivity index (χ1v) is 19.1. The number of nitrogens with one attached hydrogen (secondary N) is 1. The number of nitrogens with zero attached hydrogens (tertiary/aromatic N) is 5. The van der Waals surface area contributed by atoms with E-state index in [1.165, 1.54) is 12.1 Å². The van der Waals surface area contributed by atoms with Gasteiger partial charge >= 0.3 is 12.2 Å². The van der Waals surface area contributed by atoms with E-state index in [1.54, 1.807) is 42.5 Å². The highest BCUT2D eigenvalue weighted by Crippen LogP contribution is 2.27. The topological polar surface area (TPSA) is 192 Å². The highest BCUT2D eigenvalue weighted by molar-refractivity contribution is 7.80. The summed E-state index contributed by atoms with van der Waals surface area (Å²) >= 11 is 10.0. The maximum atomic E-state index is 12.1. The molecule has 2 saturated heterocycles. The Bertz CT molecular complexity index is 1930. The maximum absolute atomic E-state index is 12.1. The number of benzene rings is 3. The highest BCUT2D eigenvalue weighted by Gasteiger charge is 2.35. The number of aliphatic hydroxyl groups excluding tert-OH is 1. The van der Waals surface area contributed by atoms with Gasteiger partial charge in [0.05, 0.1) is 51.6 Å². The second kappa shape index (κ2) is 21.0. The van der Waals surface area contributed by atoms with Crippen molar-refractivity contribution in [3.8, 4) is 0 Å². The van der Waals surface area contributed by atoms with Crippen LogP contribution in [-0.2, 0) is 23.8 Å². The molecule has 2 atom stereocenters. The van der Waals surface area contributed by atoms with Gasteiger partial charge in [-0.1, -0.05) is 17.3 Å². The van der Waals surface area contributed by atoms with E-state index in [0.29, 0.717) is 62.0 Å². The first kappa shape index (κ1) is 43.2. The van der Waals surface area contributed by atoms with Crippen LogP contribution >= 0.6 is 24.4 Å². The zero-order chi connectivity index (χ0) is 41.6. The van der Waals surface area contributed by atoms with Crippen LogP contribution in [0.25, 0.3) is 0 Å². The van der Waals surface area contributed by atoms with Gasteiger partial charge in [0.15, 0.2) is 10.1 Å². The monoisotopic (exact) mass is 836 g/mol. The lowest BCUT2D eigenvalue weighted by Gasteiger charge is -2.22. The predicted molar refractivity (Wildman–Crippen MR) is 222 cm³/mol. The number of anilines is 4. The number of rotatable bonds is 12. The number of methoxy groups -OCH3 is 2. The van der Waals surface area contributed by atoms with Crippen molar-refractivity contribution in [3.05, 3.63) is 83.9 Å². The largest absolute Gasteiger partial charge is 0.490 e. The summed E-state index contributed by atoms with van der Waals surface area (Å²) in [7, 11) is 3.09. The van der Waals surface area contributed by atoms with Gasteiger partial charge in [-0.15, -0.1) is 5.06 Å². The zero-order valence-electron chi connectivity index (χ0n) is 31.9. The van der Waals surface area contributed by atoms with Crippen molar-refractivity contribution in [1.29, 1.82) is 0 Å². The number of carbonyl (C=O) groups is 4. The number of thiocarbonyl (C=S) groups is 2. The minimum absolute atomic E-state index is 0.0746. The summed E-state index contributed by atoms with van der Waals surface area (Å²) in [6.45, 7) is 2.90. The average molecular weight is 837 g/mol. The van der Waals surface area contributed by atoms with Crippen LogP contribution in [0.4, 0.5) is 32.3 Å². The Morgan fingerprint density at radius 2 is 1.26 bits per heavy atom. The molecular formula is C39H44N6O11S2. The van der Waals surface area contributed by atoms with Gasteiger partial charge < -0.3 is 39.1 Å². The third-order valence-corrected chi connectivity index (χ3v) is 9.86. The van der Waals surface area contributed by atoms with E-state index in [-0.39, 0.29) is 47.2 Å². The van der Waals surface area contributed by atoms with Gasteiger partial charge in [0.2, 0.25) is 0 Å². The molecule has 4 heterocycles. The number of hydroxylamine groups is 2. The molecule has 0 saturated carbocycles. The molecule has 0 unspecified atom stereocenters. The molecule has 58 heavy (non-hydrogen) atoms. The number of imide groups is 1. The fraction of sp³-hybridized carbons (Fsp3) is 0.359. The van der Waals surface area contributed by atoms with E-state index >= 15 is 0 Å². The molecule has 0 aromatic heterocycles. The number of ether oxygens (including phenoxy) is 4. The van der Waals surface area contributed by atoms with Gasteiger partial charge in [-0.2, -0.15) is 0 Å². The summed E-state index contributed by atoms with van der Waals surface area (Å²) in [6.07, 6.45) is 3.16. The lowest BCUT2D eigenvalue weighted by molar-refractivity contribution is -0.0327. The van der Waals surface area contributed by atoms with Crippen molar-refractivity contribution in [2.24, 2.45) is 5.16 Å². The summed E-state index contributed by atoms with van der Waals surface area (Å²) in [5, 5.41) is 25.7. The average Bonchev–Trinajstić information content (AvgIpc) is 3.90. The molecule has 0 aliphatic carbocycles. The Morgan fingerprint density at radius 3 is 1.71 bits per heavy atom. The second-order valence-corrected chi connectivity index (χ2v) is 13.8. The zero-order valence-corrected chi connectivity index (χ0v) is 33.5. The minimum atomic E-state index is -0.657. The summed E-state index contributed by atoms with van der Waals surface area (Å²) in [5.41, 5.74) is 4.00. The van der Waals surface area contributed by atoms with Gasteiger partial charge in [0.25, 0.3) is 11.8 Å². The predicted octanol–water partition coefficient (Wildman–Crippen LogP) is 5.39. The minimum Gasteiger partial charge on any atom is -0.490 e. The number of amides is 4. The summed E-state index contributed by atoms with van der Waals surface area (Å²) in [6, 6.07) is 21.4. The van der Waals surface area contributed by atoms with Gasteiger partial charge in [-0.3, -0.25) is 24.6 Å². The van der Waals surface area contributed by atoms with Crippen LogP contribution in [0.1, 0.15) is 46.4 Å². The SMILES string of the molecule is COC(=S)CC[C@H]1CN(c2ccc(N3C=NOCC3)cc2)C(=O)O1.COC(=S)CC[C@H]1CN(c2ccc(NCCO)cc2)C(=O)O1.O=C1c2ccccc2C(=O)N1O. The lowest BCUT2D eigenvalue weighted by atomic mass is 10.1. The molecule has 0 radical (unpaired) electrons. The number of hydrogen-bond acceptors (Lipinski definition) is 16. The number of cyclic esters (lactones) is 2. The third kappa shape index (κ3) is 11.4. The van der Waals surface area contributed by atoms with Crippen LogP contribution in [0.5, 0.6) is 0 Å². The Morgan fingerprint density at radius 1 is 0.776 bits per heavy atom. The van der Waals surface area contributed by atoms with Gasteiger partial charge in [-0.25, -0.2) is 9.59 Å². The molecule has 4 amide bonds. The standard InChI is InChI=1S/C16H19N3O4S.C15H20N2O4S.C8H5NO3/c1-21-15(24)7-6-14-10-19(16(20)23-14)13-4-2-12(3-5-13)18-8-9-22-17-11-18;1-20-14(22)7-6-13-10-17(15(19)21-13)12-4-2-11(3-5-12)16-8-9-18;10-7-5-3-1-2-4-6(5)8(11)9(7)12/h2-5,11,14H,6-10H2,1H3;2-5,13,16,18H,6-10H2,1H3;1-4,12H/t14-;13-;/m00./s1. The molecule has 17 nitrogen and oxygen atoms in total. The fourth-order valence-electron chi connectivity index (χ4n) is 6.02. The quantitative estimate of drug-likeness (QED) is 0.119. The fourth-order valence-corrected chi connectivity index (χ4v) is 6.26. The van der Waals surface area contributed by atoms with Gasteiger partial charge in [0, 0.05) is 42.1 Å². The van der Waals surface area contributed by atoms with Crippen molar-refractivity contribution in [1.82, 2.24) is 5.06 Å². The molecule has 0 bridgehead atoms. The second-order valence-electron chi connectivity index (χ2n) is 12.9. The van der Waals surface area contributed by atoms with Gasteiger partial charge in [-0.05, 0) is 97.9 Å².